The van der Waals surface area contributed by atoms with Crippen LogP contribution in [0.5, 0.6) is 0 Å². The number of nitrogens with zero attached hydrogens (tertiary/aromatic N) is 1. The highest BCUT2D eigenvalue weighted by atomic mass is 32.2. The van der Waals surface area contributed by atoms with Crippen molar-refractivity contribution in [1.82, 2.24) is 4.90 Å². The molecule has 0 aliphatic carbocycles. The lowest BCUT2D eigenvalue weighted by Crippen LogP contribution is -2.54. The average molecular weight is 246 g/mol. The molecule has 2 rings (SSSR count). The number of hydrogen-bond donors (Lipinski definition) is 1. The van der Waals surface area contributed by atoms with Gasteiger partial charge in [0.1, 0.15) is 0 Å². The van der Waals surface area contributed by atoms with Gasteiger partial charge in [0.15, 0.2) is 10.9 Å². The van der Waals surface area contributed by atoms with Crippen LogP contribution in [0.25, 0.3) is 0 Å². The van der Waals surface area contributed by atoms with Crippen molar-refractivity contribution in [2.45, 2.75) is 17.9 Å². The second-order valence-electron chi connectivity index (χ2n) is 3.85. The molecule has 2 saturated heterocycles. The van der Waals surface area contributed by atoms with Crippen LogP contribution in [0, 0.1) is 5.41 Å². The van der Waals surface area contributed by atoms with Crippen LogP contribution in [0.15, 0.2) is 0 Å². The Morgan fingerprint density at radius 1 is 1.69 bits per heavy atom. The van der Waals surface area contributed by atoms with Crippen molar-refractivity contribution in [3.8, 4) is 0 Å². The highest BCUT2D eigenvalue weighted by Gasteiger charge is 2.56. The Morgan fingerprint density at radius 2 is 2.50 bits per heavy atom. The van der Waals surface area contributed by atoms with Crippen LogP contribution < -0.4 is 0 Å². The highest BCUT2D eigenvalue weighted by molar-refractivity contribution is 8.14. The minimum Gasteiger partial charge on any atom is -0.383 e. The van der Waals surface area contributed by atoms with Gasteiger partial charge in [0, 0.05) is 20.3 Å². The molecule has 5 nitrogen and oxygen atoms in total. The first kappa shape index (κ1) is 12.2. The molecule has 2 aliphatic rings. The highest BCUT2D eigenvalue weighted by Crippen LogP contribution is 2.44. The molecule has 2 fully saturated rings. The quantitative estimate of drug-likeness (QED) is 0.775. The molecule has 2 aliphatic heterocycles. The van der Waals surface area contributed by atoms with Gasteiger partial charge in [0.2, 0.25) is 0 Å². The summed E-state index contributed by atoms with van der Waals surface area (Å²) in [5.41, 5.74) is -0.435. The predicted molar refractivity (Wildman–Crippen MR) is 62.9 cm³/mol. The number of rotatable bonds is 5. The van der Waals surface area contributed by atoms with Crippen molar-refractivity contribution in [2.24, 2.45) is 0 Å². The number of amidine groups is 1. The number of ether oxygens (including phenoxy) is 3. The number of nitrogens with one attached hydrogen (secondary N) is 1. The number of thioether (sulfide) groups is 1. The number of fused-ring (bicyclic) bond motifs is 1. The second-order valence-corrected chi connectivity index (χ2v) is 5.04. The second kappa shape index (κ2) is 4.91. The van der Waals surface area contributed by atoms with Crippen molar-refractivity contribution >= 4 is 16.9 Å². The fraction of sp³-hybridized carbons (Fsp3) is 0.900. The van der Waals surface area contributed by atoms with Crippen LogP contribution >= 0.6 is 11.8 Å². The van der Waals surface area contributed by atoms with E-state index in [1.807, 2.05) is 11.8 Å². The normalized spacial score (nSPS) is 33.5. The van der Waals surface area contributed by atoms with E-state index in [4.69, 9.17) is 19.6 Å². The zero-order chi connectivity index (χ0) is 11.6. The van der Waals surface area contributed by atoms with Gasteiger partial charge in [-0.05, 0) is 6.92 Å². The molecule has 2 atom stereocenters. The third kappa shape index (κ3) is 1.84. The van der Waals surface area contributed by atoms with E-state index in [-0.39, 0.29) is 5.25 Å². The van der Waals surface area contributed by atoms with Crippen LogP contribution in [-0.2, 0) is 14.2 Å². The fourth-order valence-corrected chi connectivity index (χ4v) is 3.47. The molecular formula is C10H18N2O3S. The standard InChI is InChI=1S/C10H18N2O3S/c1-3-15-10-7-14-6-8(10)16-9(11)12(10)4-5-13-2/h8,11H,3-7H2,1-2H3. The predicted octanol–water partition coefficient (Wildman–Crippen LogP) is 0.748. The molecule has 0 aromatic carbocycles. The summed E-state index contributed by atoms with van der Waals surface area (Å²) in [6, 6.07) is 0. The smallest absolute Gasteiger partial charge is 0.180 e. The summed E-state index contributed by atoms with van der Waals surface area (Å²) < 4.78 is 16.5. The SMILES string of the molecule is CCOC12COCC1SC(=N)N2CCOC. The number of methoxy groups -OCH3 is 1. The summed E-state index contributed by atoms with van der Waals surface area (Å²) in [4.78, 5) is 1.97. The van der Waals surface area contributed by atoms with Crippen LogP contribution in [0.4, 0.5) is 0 Å². The van der Waals surface area contributed by atoms with E-state index in [0.717, 1.165) is 0 Å². The summed E-state index contributed by atoms with van der Waals surface area (Å²) in [5.74, 6) is 0. The molecule has 16 heavy (non-hydrogen) atoms. The van der Waals surface area contributed by atoms with Crippen molar-refractivity contribution < 1.29 is 14.2 Å². The van der Waals surface area contributed by atoms with E-state index in [0.29, 0.717) is 38.1 Å². The van der Waals surface area contributed by atoms with Crippen molar-refractivity contribution in [3.63, 3.8) is 0 Å². The molecule has 0 bridgehead atoms. The van der Waals surface area contributed by atoms with Gasteiger partial charge >= 0.3 is 0 Å². The van der Waals surface area contributed by atoms with Gasteiger partial charge < -0.3 is 19.1 Å². The van der Waals surface area contributed by atoms with E-state index >= 15 is 0 Å². The maximum atomic E-state index is 7.98. The van der Waals surface area contributed by atoms with Gasteiger partial charge in [0.25, 0.3) is 0 Å². The first-order valence-electron chi connectivity index (χ1n) is 5.48. The number of hydrogen-bond acceptors (Lipinski definition) is 5. The third-order valence-electron chi connectivity index (χ3n) is 2.95. The maximum Gasteiger partial charge on any atom is 0.180 e. The minimum absolute atomic E-state index is 0.219. The third-order valence-corrected chi connectivity index (χ3v) is 4.18. The van der Waals surface area contributed by atoms with Crippen molar-refractivity contribution in [2.75, 3.05) is 40.1 Å². The zero-order valence-corrected chi connectivity index (χ0v) is 10.5. The largest absolute Gasteiger partial charge is 0.383 e. The summed E-state index contributed by atoms with van der Waals surface area (Å²) in [6.45, 7) is 5.11. The molecule has 0 radical (unpaired) electrons. The van der Waals surface area contributed by atoms with Gasteiger partial charge in [-0.25, -0.2) is 0 Å². The molecule has 0 spiro atoms. The van der Waals surface area contributed by atoms with E-state index < -0.39 is 5.72 Å². The van der Waals surface area contributed by atoms with E-state index in [1.165, 1.54) is 11.8 Å². The Bertz CT molecular complexity index is 277. The van der Waals surface area contributed by atoms with Crippen molar-refractivity contribution in [3.05, 3.63) is 0 Å². The lowest BCUT2D eigenvalue weighted by molar-refractivity contribution is -0.119. The molecule has 1 N–H and O–H groups in total. The summed E-state index contributed by atoms with van der Waals surface area (Å²) in [6.07, 6.45) is 0. The molecular weight excluding hydrogens is 228 g/mol. The zero-order valence-electron chi connectivity index (χ0n) is 9.69. The van der Waals surface area contributed by atoms with Gasteiger partial charge in [-0.2, -0.15) is 0 Å². The van der Waals surface area contributed by atoms with Gasteiger partial charge in [-0.15, -0.1) is 0 Å². The van der Waals surface area contributed by atoms with Gasteiger partial charge in [0.05, 0.1) is 25.1 Å². The Balaban J connectivity index is 2.15. The molecule has 0 amide bonds. The summed E-state index contributed by atoms with van der Waals surface area (Å²) in [5, 5.41) is 8.77. The molecule has 2 unspecified atom stereocenters. The molecule has 0 saturated carbocycles. The lowest BCUT2D eigenvalue weighted by Gasteiger charge is -2.36. The topological polar surface area (TPSA) is 54.8 Å². The first-order chi connectivity index (χ1) is 7.74. The monoisotopic (exact) mass is 246 g/mol. The van der Waals surface area contributed by atoms with E-state index in [2.05, 4.69) is 0 Å². The summed E-state index contributed by atoms with van der Waals surface area (Å²) >= 11 is 1.54. The molecule has 92 valence electrons. The minimum atomic E-state index is -0.435. The van der Waals surface area contributed by atoms with Gasteiger partial charge in [-0.3, -0.25) is 5.41 Å². The van der Waals surface area contributed by atoms with Crippen LogP contribution in [-0.4, -0.2) is 61.1 Å². The van der Waals surface area contributed by atoms with Crippen LogP contribution in [0.2, 0.25) is 0 Å². The van der Waals surface area contributed by atoms with Crippen LogP contribution in [0.3, 0.4) is 0 Å². The van der Waals surface area contributed by atoms with Crippen molar-refractivity contribution in [1.29, 1.82) is 5.41 Å². The van der Waals surface area contributed by atoms with Crippen LogP contribution in [0.1, 0.15) is 6.92 Å². The average Bonchev–Trinajstić information content (AvgIpc) is 2.73. The Morgan fingerprint density at radius 3 is 3.19 bits per heavy atom. The first-order valence-corrected chi connectivity index (χ1v) is 6.36. The molecule has 0 aromatic rings. The van der Waals surface area contributed by atoms with Gasteiger partial charge in [-0.1, -0.05) is 11.8 Å². The fourth-order valence-electron chi connectivity index (χ4n) is 2.22. The molecule has 6 heteroatoms. The summed E-state index contributed by atoms with van der Waals surface area (Å²) in [7, 11) is 1.67. The lowest BCUT2D eigenvalue weighted by atomic mass is 10.1. The molecule has 2 heterocycles. The Hall–Kier alpha value is -0.300. The van der Waals surface area contributed by atoms with E-state index in [9.17, 15) is 0 Å². The molecule has 0 aromatic heterocycles. The van der Waals surface area contributed by atoms with E-state index in [1.54, 1.807) is 7.11 Å². The Kier molecular flexibility index (Phi) is 3.73. The Labute approximate surface area is 99.9 Å². The maximum absolute atomic E-state index is 7.98.